The molecule has 0 aromatic heterocycles. The number of hydrogen-bond acceptors (Lipinski definition) is 5. The van der Waals surface area contributed by atoms with Gasteiger partial charge in [-0.25, -0.2) is 0 Å². The van der Waals surface area contributed by atoms with Crippen molar-refractivity contribution in [3.8, 4) is 6.07 Å². The van der Waals surface area contributed by atoms with E-state index in [2.05, 4.69) is 6.07 Å². The van der Waals surface area contributed by atoms with Crippen LogP contribution in [0.15, 0.2) is 30.3 Å². The molecule has 0 atom stereocenters. The highest BCUT2D eigenvalue weighted by molar-refractivity contribution is 7.79. The smallest absolute Gasteiger partial charge is 0.394 e. The summed E-state index contributed by atoms with van der Waals surface area (Å²) in [7, 11) is -4.67. The van der Waals surface area contributed by atoms with Gasteiger partial charge in [0.2, 0.25) is 0 Å². The molecule has 3 N–H and O–H groups in total. The highest BCUT2D eigenvalue weighted by atomic mass is 32.3. The molecular weight excluding hydrogens is 272 g/mol. The van der Waals surface area contributed by atoms with Crippen molar-refractivity contribution in [2.24, 2.45) is 0 Å². The maximum atomic E-state index is 8.87. The fraction of sp³-hybridized carbons (Fsp3) is 0.364. The molecule has 0 radical (unpaired) electrons. The van der Waals surface area contributed by atoms with E-state index in [0.717, 1.165) is 5.69 Å². The molecular formula is C11H16N2O5S. The van der Waals surface area contributed by atoms with E-state index < -0.39 is 10.4 Å². The minimum atomic E-state index is -4.67. The lowest BCUT2D eigenvalue weighted by Crippen LogP contribution is -2.27. The van der Waals surface area contributed by atoms with Gasteiger partial charge in [0, 0.05) is 18.8 Å². The average Bonchev–Trinajstić information content (AvgIpc) is 2.33. The summed E-state index contributed by atoms with van der Waals surface area (Å²) >= 11 is 0. The Bertz CT molecular complexity index is 476. The van der Waals surface area contributed by atoms with Crippen molar-refractivity contribution in [2.75, 3.05) is 24.6 Å². The van der Waals surface area contributed by atoms with E-state index in [9.17, 15) is 0 Å². The van der Waals surface area contributed by atoms with Crippen LogP contribution in [0.5, 0.6) is 0 Å². The van der Waals surface area contributed by atoms with Crippen LogP contribution in [0.1, 0.15) is 6.42 Å². The van der Waals surface area contributed by atoms with E-state index in [1.807, 2.05) is 35.2 Å². The fourth-order valence-corrected chi connectivity index (χ4v) is 1.31. The maximum Gasteiger partial charge on any atom is 0.394 e. The number of hydrogen-bond donors (Lipinski definition) is 3. The summed E-state index contributed by atoms with van der Waals surface area (Å²) < 4.78 is 31.6. The van der Waals surface area contributed by atoms with E-state index in [1.54, 1.807) is 0 Å². The second-order valence-electron chi connectivity index (χ2n) is 3.40. The van der Waals surface area contributed by atoms with Crippen LogP contribution in [-0.2, 0) is 10.4 Å². The zero-order valence-electron chi connectivity index (χ0n) is 10.2. The third-order valence-corrected chi connectivity index (χ3v) is 1.98. The quantitative estimate of drug-likeness (QED) is 0.683. The van der Waals surface area contributed by atoms with Gasteiger partial charge >= 0.3 is 10.4 Å². The first kappa shape index (κ1) is 17.3. The number of aliphatic hydroxyl groups excluding tert-OH is 1. The van der Waals surface area contributed by atoms with E-state index in [1.165, 1.54) is 0 Å². The number of rotatable bonds is 5. The average molecular weight is 288 g/mol. The number of nitriles is 1. The van der Waals surface area contributed by atoms with Crippen LogP contribution in [-0.4, -0.2) is 42.3 Å². The minimum absolute atomic E-state index is 0.111. The van der Waals surface area contributed by atoms with Gasteiger partial charge in [0.15, 0.2) is 0 Å². The summed E-state index contributed by atoms with van der Waals surface area (Å²) in [4.78, 5) is 2.00. The summed E-state index contributed by atoms with van der Waals surface area (Å²) in [5.74, 6) is 0. The molecule has 0 amide bonds. The molecule has 106 valence electrons. The summed E-state index contributed by atoms with van der Waals surface area (Å²) in [6, 6.07) is 11.9. The van der Waals surface area contributed by atoms with Crippen LogP contribution in [0.25, 0.3) is 0 Å². The zero-order valence-corrected chi connectivity index (χ0v) is 11.0. The van der Waals surface area contributed by atoms with Crippen LogP contribution < -0.4 is 4.90 Å². The summed E-state index contributed by atoms with van der Waals surface area (Å²) in [5, 5.41) is 17.4. The predicted octanol–water partition coefficient (Wildman–Crippen LogP) is 0.746. The molecule has 1 aromatic rings. The lowest BCUT2D eigenvalue weighted by molar-refractivity contribution is 0.302. The van der Waals surface area contributed by atoms with Crippen molar-refractivity contribution in [3.63, 3.8) is 0 Å². The van der Waals surface area contributed by atoms with E-state index in [0.29, 0.717) is 19.5 Å². The van der Waals surface area contributed by atoms with Crippen LogP contribution in [0, 0.1) is 11.3 Å². The highest BCUT2D eigenvalue weighted by Gasteiger charge is 2.03. The topological polar surface area (TPSA) is 122 Å². The number of anilines is 1. The van der Waals surface area contributed by atoms with Crippen molar-refractivity contribution in [3.05, 3.63) is 30.3 Å². The Morgan fingerprint density at radius 3 is 2.11 bits per heavy atom. The molecule has 0 saturated carbocycles. The minimum Gasteiger partial charge on any atom is -0.395 e. The number of para-hydroxylation sites is 1. The standard InChI is InChI=1S/C11H14N2O.H2O4S/c12-7-4-8-13(9-10-14)11-5-2-1-3-6-11;1-5(2,3)4/h1-3,5-6,14H,4,8-10H2;(H2,1,2,3,4). The van der Waals surface area contributed by atoms with Crippen molar-refractivity contribution in [1.82, 2.24) is 0 Å². The van der Waals surface area contributed by atoms with Gasteiger partial charge in [-0.15, -0.1) is 0 Å². The molecule has 0 bridgehead atoms. The molecule has 1 rings (SSSR count). The number of aliphatic hydroxyl groups is 1. The van der Waals surface area contributed by atoms with Crippen molar-refractivity contribution in [2.45, 2.75) is 6.42 Å². The molecule has 0 aliphatic heterocycles. The largest absolute Gasteiger partial charge is 0.395 e. The summed E-state index contributed by atoms with van der Waals surface area (Å²) in [5.41, 5.74) is 1.05. The van der Waals surface area contributed by atoms with E-state index in [-0.39, 0.29) is 6.61 Å². The second-order valence-corrected chi connectivity index (χ2v) is 4.30. The Morgan fingerprint density at radius 1 is 1.16 bits per heavy atom. The van der Waals surface area contributed by atoms with Gasteiger partial charge in [0.05, 0.1) is 19.1 Å². The Hall–Kier alpha value is -1.66. The van der Waals surface area contributed by atoms with Gasteiger partial charge in [-0.05, 0) is 12.1 Å². The normalized spacial score (nSPS) is 10.0. The molecule has 8 heteroatoms. The SMILES string of the molecule is N#CCCN(CCO)c1ccccc1.O=S(=O)(O)O. The molecule has 1 aromatic carbocycles. The van der Waals surface area contributed by atoms with Crippen molar-refractivity contribution < 1.29 is 22.6 Å². The molecule has 0 heterocycles. The van der Waals surface area contributed by atoms with Crippen LogP contribution in [0.4, 0.5) is 5.69 Å². The fourth-order valence-electron chi connectivity index (χ4n) is 1.31. The van der Waals surface area contributed by atoms with Gasteiger partial charge in [-0.1, -0.05) is 18.2 Å². The van der Waals surface area contributed by atoms with Crippen LogP contribution >= 0.6 is 0 Å². The van der Waals surface area contributed by atoms with Gasteiger partial charge in [-0.2, -0.15) is 13.7 Å². The molecule has 0 aliphatic rings. The predicted molar refractivity (Wildman–Crippen MR) is 70.1 cm³/mol. The molecule has 19 heavy (non-hydrogen) atoms. The van der Waals surface area contributed by atoms with Crippen LogP contribution in [0.2, 0.25) is 0 Å². The third-order valence-electron chi connectivity index (χ3n) is 1.98. The van der Waals surface area contributed by atoms with Gasteiger partial charge < -0.3 is 10.0 Å². The van der Waals surface area contributed by atoms with E-state index in [4.69, 9.17) is 27.9 Å². The van der Waals surface area contributed by atoms with Crippen molar-refractivity contribution in [1.29, 1.82) is 5.26 Å². The summed E-state index contributed by atoms with van der Waals surface area (Å²) in [6.07, 6.45) is 0.481. The monoisotopic (exact) mass is 288 g/mol. The first-order valence-corrected chi connectivity index (χ1v) is 6.76. The molecule has 0 spiro atoms. The first-order chi connectivity index (χ1) is 8.88. The molecule has 0 aliphatic carbocycles. The Balaban J connectivity index is 0.000000555. The lowest BCUT2D eigenvalue weighted by Gasteiger charge is -2.22. The van der Waals surface area contributed by atoms with Crippen molar-refractivity contribution >= 4 is 16.1 Å². The van der Waals surface area contributed by atoms with E-state index >= 15 is 0 Å². The van der Waals surface area contributed by atoms with Gasteiger partial charge in [0.1, 0.15) is 0 Å². The molecule has 0 saturated heterocycles. The zero-order chi connectivity index (χ0) is 14.7. The first-order valence-electron chi connectivity index (χ1n) is 5.36. The lowest BCUT2D eigenvalue weighted by atomic mass is 10.2. The number of nitrogens with zero attached hydrogens (tertiary/aromatic N) is 2. The molecule has 0 unspecified atom stereocenters. The second kappa shape index (κ2) is 9.29. The number of benzene rings is 1. The maximum absolute atomic E-state index is 8.87. The third kappa shape index (κ3) is 11.2. The molecule has 7 nitrogen and oxygen atoms in total. The Morgan fingerprint density at radius 2 is 1.68 bits per heavy atom. The highest BCUT2D eigenvalue weighted by Crippen LogP contribution is 2.12. The Labute approximate surface area is 112 Å². The Kier molecular flexibility index (Phi) is 8.48. The van der Waals surface area contributed by atoms with Gasteiger partial charge in [-0.3, -0.25) is 9.11 Å². The molecule has 0 fully saturated rings. The summed E-state index contributed by atoms with van der Waals surface area (Å²) in [6.45, 7) is 1.35. The van der Waals surface area contributed by atoms with Crippen LogP contribution in [0.3, 0.4) is 0 Å². The van der Waals surface area contributed by atoms with Gasteiger partial charge in [0.25, 0.3) is 0 Å².